The predicted molar refractivity (Wildman–Crippen MR) is 76.8 cm³/mol. The number of nitrogens with one attached hydrogen (secondary N) is 1. The Balaban J connectivity index is 1.40. The summed E-state index contributed by atoms with van der Waals surface area (Å²) in [5.74, 6) is 1.01. The lowest BCUT2D eigenvalue weighted by Crippen LogP contribution is -2.40. The molecule has 1 aliphatic carbocycles. The van der Waals surface area contributed by atoms with Crippen LogP contribution in [0, 0.1) is 5.92 Å². The Morgan fingerprint density at radius 2 is 1.61 bits per heavy atom. The minimum absolute atomic E-state index is 0.869. The lowest BCUT2D eigenvalue weighted by molar-refractivity contribution is 0.168. The first kappa shape index (κ1) is 12.9. The molecule has 0 amide bonds. The maximum Gasteiger partial charge on any atom is 0.00922 e. The fourth-order valence-corrected chi connectivity index (χ4v) is 4.50. The van der Waals surface area contributed by atoms with Crippen molar-refractivity contribution in [3.8, 4) is 0 Å². The molecule has 1 N–H and O–H groups in total. The molecule has 2 saturated heterocycles. The summed E-state index contributed by atoms with van der Waals surface area (Å²) >= 11 is 0. The van der Waals surface area contributed by atoms with Gasteiger partial charge in [-0.15, -0.1) is 0 Å². The molecule has 3 fully saturated rings. The van der Waals surface area contributed by atoms with E-state index in [1.807, 2.05) is 0 Å². The largest absolute Gasteiger partial charge is 0.311 e. The zero-order chi connectivity index (χ0) is 12.4. The van der Waals surface area contributed by atoms with Gasteiger partial charge in [-0.1, -0.05) is 19.3 Å². The lowest BCUT2D eigenvalue weighted by atomic mass is 9.89. The van der Waals surface area contributed by atoms with Crippen LogP contribution in [-0.2, 0) is 0 Å². The van der Waals surface area contributed by atoms with E-state index in [1.54, 1.807) is 0 Å². The van der Waals surface area contributed by atoms with Gasteiger partial charge in [0, 0.05) is 18.1 Å². The lowest BCUT2D eigenvalue weighted by Gasteiger charge is -2.34. The number of piperidine rings is 1. The van der Waals surface area contributed by atoms with Gasteiger partial charge < -0.3 is 10.2 Å². The number of fused-ring (bicyclic) bond motifs is 2. The minimum atomic E-state index is 0.869. The standard InChI is InChI=1S/C16H30N2/c1-18(16-5-3-2-4-6-16)10-9-13-11-14-7-8-15(12-13)17-14/h13-17H,2-12H2,1H3. The van der Waals surface area contributed by atoms with Crippen LogP contribution in [0.3, 0.4) is 0 Å². The van der Waals surface area contributed by atoms with Crippen molar-refractivity contribution >= 4 is 0 Å². The highest BCUT2D eigenvalue weighted by molar-refractivity contribution is 4.92. The number of hydrogen-bond acceptors (Lipinski definition) is 2. The summed E-state index contributed by atoms with van der Waals surface area (Å²) in [6.45, 7) is 1.34. The van der Waals surface area contributed by atoms with Gasteiger partial charge in [0.25, 0.3) is 0 Å². The Bertz CT molecular complexity index is 248. The summed E-state index contributed by atoms with van der Waals surface area (Å²) in [6, 6.07) is 2.64. The van der Waals surface area contributed by atoms with Crippen molar-refractivity contribution in [2.45, 2.75) is 82.3 Å². The van der Waals surface area contributed by atoms with Crippen LogP contribution < -0.4 is 5.32 Å². The molecule has 2 atom stereocenters. The average Bonchev–Trinajstić information content (AvgIpc) is 2.76. The van der Waals surface area contributed by atoms with Crippen LogP contribution in [0.4, 0.5) is 0 Å². The second-order valence-electron chi connectivity index (χ2n) is 7.04. The fraction of sp³-hybridized carbons (Fsp3) is 1.00. The van der Waals surface area contributed by atoms with Crippen LogP contribution in [0.1, 0.15) is 64.2 Å². The van der Waals surface area contributed by atoms with Crippen LogP contribution in [0.25, 0.3) is 0 Å². The monoisotopic (exact) mass is 250 g/mol. The van der Waals surface area contributed by atoms with Crippen LogP contribution in [0.5, 0.6) is 0 Å². The summed E-state index contributed by atoms with van der Waals surface area (Å²) in [5, 5.41) is 3.76. The van der Waals surface area contributed by atoms with E-state index in [-0.39, 0.29) is 0 Å². The molecule has 2 heterocycles. The van der Waals surface area contributed by atoms with E-state index < -0.39 is 0 Å². The first-order chi connectivity index (χ1) is 8.81. The number of nitrogens with zero attached hydrogens (tertiary/aromatic N) is 1. The molecule has 3 rings (SSSR count). The van der Waals surface area contributed by atoms with Crippen molar-refractivity contribution in [3.05, 3.63) is 0 Å². The second-order valence-corrected chi connectivity index (χ2v) is 7.04. The Labute approximate surface area is 113 Å². The van der Waals surface area contributed by atoms with Gasteiger partial charge in [-0.05, 0) is 64.5 Å². The second kappa shape index (κ2) is 5.92. The van der Waals surface area contributed by atoms with Crippen LogP contribution >= 0.6 is 0 Å². The molecule has 0 aromatic heterocycles. The third kappa shape index (κ3) is 3.08. The molecule has 2 nitrogen and oxygen atoms in total. The van der Waals surface area contributed by atoms with Crippen molar-refractivity contribution in [1.29, 1.82) is 0 Å². The highest BCUT2D eigenvalue weighted by Crippen LogP contribution is 2.33. The highest BCUT2D eigenvalue weighted by Gasteiger charge is 2.33. The first-order valence-corrected chi connectivity index (χ1v) is 8.27. The third-order valence-electron chi connectivity index (χ3n) is 5.66. The normalized spacial score (nSPS) is 37.3. The molecule has 0 spiro atoms. The van der Waals surface area contributed by atoms with E-state index >= 15 is 0 Å². The molecule has 18 heavy (non-hydrogen) atoms. The molecule has 2 heteroatoms. The van der Waals surface area contributed by atoms with Crippen molar-refractivity contribution < 1.29 is 0 Å². The molecule has 2 unspecified atom stereocenters. The first-order valence-electron chi connectivity index (χ1n) is 8.27. The van der Waals surface area contributed by atoms with Crippen LogP contribution in [0.15, 0.2) is 0 Å². The zero-order valence-electron chi connectivity index (χ0n) is 12.0. The summed E-state index contributed by atoms with van der Waals surface area (Å²) in [5.41, 5.74) is 0. The van der Waals surface area contributed by atoms with E-state index in [4.69, 9.17) is 0 Å². The van der Waals surface area contributed by atoms with E-state index in [0.29, 0.717) is 0 Å². The maximum absolute atomic E-state index is 3.76. The van der Waals surface area contributed by atoms with Crippen LogP contribution in [-0.4, -0.2) is 36.6 Å². The molecule has 104 valence electrons. The van der Waals surface area contributed by atoms with E-state index in [1.165, 1.54) is 70.8 Å². The van der Waals surface area contributed by atoms with Gasteiger partial charge in [0.1, 0.15) is 0 Å². The van der Waals surface area contributed by atoms with Crippen molar-refractivity contribution in [1.82, 2.24) is 10.2 Å². The number of rotatable bonds is 4. The Morgan fingerprint density at radius 3 is 2.28 bits per heavy atom. The predicted octanol–water partition coefficient (Wildman–Crippen LogP) is 3.17. The van der Waals surface area contributed by atoms with E-state index in [9.17, 15) is 0 Å². The minimum Gasteiger partial charge on any atom is -0.311 e. The quantitative estimate of drug-likeness (QED) is 0.824. The van der Waals surface area contributed by atoms with E-state index in [0.717, 1.165) is 24.0 Å². The van der Waals surface area contributed by atoms with Crippen LogP contribution in [0.2, 0.25) is 0 Å². The Hall–Kier alpha value is -0.0800. The van der Waals surface area contributed by atoms with Crippen molar-refractivity contribution in [3.63, 3.8) is 0 Å². The summed E-state index contributed by atoms with van der Waals surface area (Å²) in [6.07, 6.45) is 14.5. The summed E-state index contributed by atoms with van der Waals surface area (Å²) in [7, 11) is 2.37. The van der Waals surface area contributed by atoms with Gasteiger partial charge in [-0.2, -0.15) is 0 Å². The topological polar surface area (TPSA) is 15.3 Å². The van der Waals surface area contributed by atoms with Gasteiger partial charge in [0.05, 0.1) is 0 Å². The molecule has 0 radical (unpaired) electrons. The maximum atomic E-state index is 3.76. The van der Waals surface area contributed by atoms with Gasteiger partial charge in [0.15, 0.2) is 0 Å². The Kier molecular flexibility index (Phi) is 4.25. The average molecular weight is 250 g/mol. The van der Waals surface area contributed by atoms with Gasteiger partial charge in [-0.25, -0.2) is 0 Å². The SMILES string of the molecule is CN(CCC1CC2CCC(C1)N2)C1CCCCC1. The molecular weight excluding hydrogens is 220 g/mol. The molecule has 0 aromatic rings. The summed E-state index contributed by atoms with van der Waals surface area (Å²) < 4.78 is 0. The van der Waals surface area contributed by atoms with Gasteiger partial charge in [-0.3, -0.25) is 0 Å². The summed E-state index contributed by atoms with van der Waals surface area (Å²) in [4.78, 5) is 2.67. The molecular formula is C16H30N2. The third-order valence-corrected chi connectivity index (χ3v) is 5.66. The van der Waals surface area contributed by atoms with Gasteiger partial charge >= 0.3 is 0 Å². The smallest absolute Gasteiger partial charge is 0.00922 e. The molecule has 2 bridgehead atoms. The Morgan fingerprint density at radius 1 is 0.944 bits per heavy atom. The van der Waals surface area contributed by atoms with Crippen molar-refractivity contribution in [2.75, 3.05) is 13.6 Å². The van der Waals surface area contributed by atoms with Crippen molar-refractivity contribution in [2.24, 2.45) is 5.92 Å². The fourth-order valence-electron chi connectivity index (χ4n) is 4.50. The van der Waals surface area contributed by atoms with E-state index in [2.05, 4.69) is 17.3 Å². The zero-order valence-corrected chi connectivity index (χ0v) is 12.0. The molecule has 0 aromatic carbocycles. The number of hydrogen-bond donors (Lipinski definition) is 1. The van der Waals surface area contributed by atoms with Gasteiger partial charge in [0.2, 0.25) is 0 Å². The molecule has 2 aliphatic heterocycles. The molecule has 1 saturated carbocycles. The molecule has 3 aliphatic rings. The highest BCUT2D eigenvalue weighted by atomic mass is 15.1.